The van der Waals surface area contributed by atoms with E-state index in [1.165, 1.54) is 0 Å². The number of phenolic OH excluding ortho intramolecular Hbond substituents is 1. The van der Waals surface area contributed by atoms with Crippen LogP contribution < -0.4 is 4.74 Å². The van der Waals surface area contributed by atoms with Gasteiger partial charge in [0.25, 0.3) is 0 Å². The predicted molar refractivity (Wildman–Crippen MR) is 125 cm³/mol. The average molecular weight is 429 g/mol. The minimum Gasteiger partial charge on any atom is -0.508 e. The van der Waals surface area contributed by atoms with Crippen LogP contribution in [0.4, 0.5) is 0 Å². The molecule has 164 valence electrons. The van der Waals surface area contributed by atoms with E-state index >= 15 is 0 Å². The van der Waals surface area contributed by atoms with Gasteiger partial charge in [0.05, 0.1) is 5.41 Å². The van der Waals surface area contributed by atoms with Gasteiger partial charge in [0.15, 0.2) is 11.6 Å². The second-order valence-corrected chi connectivity index (χ2v) is 8.85. The van der Waals surface area contributed by atoms with Crippen molar-refractivity contribution in [3.63, 3.8) is 0 Å². The zero-order valence-electron chi connectivity index (χ0n) is 18.7. The molecule has 0 saturated carbocycles. The maximum atomic E-state index is 13.5. The number of ketones is 2. The number of aromatic hydroxyl groups is 1. The zero-order valence-corrected chi connectivity index (χ0v) is 18.7. The highest BCUT2D eigenvalue weighted by atomic mass is 16.5. The van der Waals surface area contributed by atoms with E-state index in [4.69, 9.17) is 4.74 Å². The topological polar surface area (TPSA) is 63.6 Å². The van der Waals surface area contributed by atoms with Crippen LogP contribution >= 0.6 is 0 Å². The fourth-order valence-electron chi connectivity index (χ4n) is 5.16. The Morgan fingerprint density at radius 3 is 2.50 bits per heavy atom. The van der Waals surface area contributed by atoms with E-state index in [2.05, 4.69) is 6.58 Å². The zero-order chi connectivity index (χ0) is 23.0. The van der Waals surface area contributed by atoms with Crippen molar-refractivity contribution in [1.29, 1.82) is 0 Å². The molecule has 0 aromatic heterocycles. The number of carbonyl (C=O) groups excluding carboxylic acids is 2. The normalized spacial score (nSPS) is 25.3. The minimum atomic E-state index is -0.983. The van der Waals surface area contributed by atoms with Gasteiger partial charge in [-0.1, -0.05) is 62.1 Å². The quantitative estimate of drug-likeness (QED) is 0.665. The molecule has 1 N–H and O–H groups in total. The van der Waals surface area contributed by atoms with Crippen molar-refractivity contribution >= 4 is 11.6 Å². The Bertz CT molecular complexity index is 1160. The van der Waals surface area contributed by atoms with E-state index in [1.807, 2.05) is 43.3 Å². The molecule has 2 aromatic carbocycles. The maximum absolute atomic E-state index is 13.5. The number of Topliss-reactive ketones (excluding diaryl/α,β-unsaturated/α-hetero) is 2. The number of fused-ring (bicyclic) bond motifs is 1. The second kappa shape index (κ2) is 8.27. The summed E-state index contributed by atoms with van der Waals surface area (Å²) in [6.07, 6.45) is 4.19. The van der Waals surface area contributed by atoms with Crippen LogP contribution in [-0.2, 0) is 16.2 Å². The highest BCUT2D eigenvalue weighted by molar-refractivity contribution is 6.15. The van der Waals surface area contributed by atoms with Gasteiger partial charge < -0.3 is 9.84 Å². The first kappa shape index (κ1) is 21.8. The molecule has 0 aliphatic heterocycles. The summed E-state index contributed by atoms with van der Waals surface area (Å²) in [5, 5.41) is 11.0. The summed E-state index contributed by atoms with van der Waals surface area (Å²) in [6, 6.07) is 15.0. The van der Waals surface area contributed by atoms with Gasteiger partial charge >= 0.3 is 0 Å². The number of hydrogen-bond donors (Lipinski definition) is 1. The lowest BCUT2D eigenvalue weighted by atomic mass is 9.52. The summed E-state index contributed by atoms with van der Waals surface area (Å²) < 4.78 is 5.85. The standard InChI is InChI=1S/C28H28O4/c1-5-20-11-14-23-26(30)17(2)18(3)27(31)28(23,4)25(20)22-13-12-21(15-24(22)29)32-16-19-9-7-6-8-10-19/h5-13,15,23,25,29H,1,14,16H2,2-4H3. The summed E-state index contributed by atoms with van der Waals surface area (Å²) in [7, 11) is 0. The molecule has 3 atom stereocenters. The summed E-state index contributed by atoms with van der Waals surface area (Å²) in [6.45, 7) is 9.63. The number of allylic oxidation sites excluding steroid dienone is 5. The predicted octanol–water partition coefficient (Wildman–Crippen LogP) is 5.68. The van der Waals surface area contributed by atoms with Crippen molar-refractivity contribution in [1.82, 2.24) is 0 Å². The molecule has 2 aliphatic carbocycles. The van der Waals surface area contributed by atoms with E-state index in [0.29, 0.717) is 35.5 Å². The van der Waals surface area contributed by atoms with E-state index < -0.39 is 17.3 Å². The van der Waals surface area contributed by atoms with Crippen LogP contribution in [-0.4, -0.2) is 16.7 Å². The van der Waals surface area contributed by atoms with Crippen molar-refractivity contribution in [3.05, 3.63) is 95.1 Å². The third kappa shape index (κ3) is 3.40. The molecule has 0 radical (unpaired) electrons. The molecule has 4 heteroatoms. The third-order valence-electron chi connectivity index (χ3n) is 7.12. The van der Waals surface area contributed by atoms with E-state index in [9.17, 15) is 14.7 Å². The maximum Gasteiger partial charge on any atom is 0.166 e. The van der Waals surface area contributed by atoms with Gasteiger partial charge in [0.2, 0.25) is 0 Å². The SMILES string of the molecule is C=CC1=CCC2C(=O)C(C)=C(C)C(=O)C2(C)C1c1ccc(OCc2ccccc2)cc1O. The molecular formula is C28H28O4. The molecule has 0 spiro atoms. The highest BCUT2D eigenvalue weighted by Crippen LogP contribution is 2.57. The molecule has 2 aromatic rings. The number of carbonyl (C=O) groups is 2. The summed E-state index contributed by atoms with van der Waals surface area (Å²) in [5.41, 5.74) is 2.55. The molecule has 2 aliphatic rings. The highest BCUT2D eigenvalue weighted by Gasteiger charge is 2.56. The van der Waals surface area contributed by atoms with Crippen molar-refractivity contribution in [2.24, 2.45) is 11.3 Å². The Labute approximate surface area is 188 Å². The summed E-state index contributed by atoms with van der Waals surface area (Å²) in [4.78, 5) is 26.6. The second-order valence-electron chi connectivity index (χ2n) is 8.85. The van der Waals surface area contributed by atoms with Gasteiger partial charge in [-0.15, -0.1) is 0 Å². The van der Waals surface area contributed by atoms with Crippen molar-refractivity contribution in [3.8, 4) is 11.5 Å². The Morgan fingerprint density at radius 1 is 1.12 bits per heavy atom. The lowest BCUT2D eigenvalue weighted by Gasteiger charge is -2.48. The first-order valence-corrected chi connectivity index (χ1v) is 10.9. The molecule has 0 heterocycles. The number of hydrogen-bond acceptors (Lipinski definition) is 4. The van der Waals surface area contributed by atoms with E-state index in [-0.39, 0.29) is 17.3 Å². The van der Waals surface area contributed by atoms with Crippen molar-refractivity contribution < 1.29 is 19.4 Å². The molecule has 0 amide bonds. The Kier molecular flexibility index (Phi) is 5.64. The van der Waals surface area contributed by atoms with Crippen molar-refractivity contribution in [2.45, 2.75) is 39.7 Å². The number of benzene rings is 2. The molecule has 0 bridgehead atoms. The molecule has 32 heavy (non-hydrogen) atoms. The van der Waals surface area contributed by atoms with Gasteiger partial charge in [-0.2, -0.15) is 0 Å². The largest absolute Gasteiger partial charge is 0.508 e. The van der Waals surface area contributed by atoms with Gasteiger partial charge in [-0.25, -0.2) is 0 Å². The number of ether oxygens (including phenoxy) is 1. The molecule has 3 unspecified atom stereocenters. The number of phenols is 1. The van der Waals surface area contributed by atoms with Gasteiger partial charge in [-0.3, -0.25) is 9.59 Å². The lowest BCUT2D eigenvalue weighted by molar-refractivity contribution is -0.138. The average Bonchev–Trinajstić information content (AvgIpc) is 2.81. The molecule has 0 saturated heterocycles. The molecular weight excluding hydrogens is 400 g/mol. The third-order valence-corrected chi connectivity index (χ3v) is 7.12. The van der Waals surface area contributed by atoms with Gasteiger partial charge in [-0.05, 0) is 48.6 Å². The summed E-state index contributed by atoms with van der Waals surface area (Å²) in [5.74, 6) is -0.381. The monoisotopic (exact) mass is 428 g/mol. The first-order chi connectivity index (χ1) is 15.3. The fourth-order valence-corrected chi connectivity index (χ4v) is 5.16. The van der Waals surface area contributed by atoms with Gasteiger partial charge in [0.1, 0.15) is 18.1 Å². The van der Waals surface area contributed by atoms with E-state index in [1.54, 1.807) is 38.1 Å². The van der Waals surface area contributed by atoms with Crippen molar-refractivity contribution in [2.75, 3.05) is 0 Å². The van der Waals surface area contributed by atoms with Crippen LogP contribution in [0.1, 0.15) is 44.2 Å². The smallest absolute Gasteiger partial charge is 0.166 e. The Hall–Kier alpha value is -3.40. The number of rotatable bonds is 5. The Morgan fingerprint density at radius 2 is 1.84 bits per heavy atom. The van der Waals surface area contributed by atoms with Crippen LogP contribution in [0.3, 0.4) is 0 Å². The van der Waals surface area contributed by atoms with Crippen LogP contribution in [0.2, 0.25) is 0 Å². The van der Waals surface area contributed by atoms with E-state index in [0.717, 1.165) is 11.1 Å². The minimum absolute atomic E-state index is 0.0104. The fraction of sp³-hybridized carbons (Fsp3) is 0.286. The van der Waals surface area contributed by atoms with Crippen LogP contribution in [0.5, 0.6) is 11.5 Å². The molecule has 4 rings (SSSR count). The van der Waals surface area contributed by atoms with Crippen LogP contribution in [0.25, 0.3) is 0 Å². The van der Waals surface area contributed by atoms with Gasteiger partial charge in [0, 0.05) is 23.5 Å². The molecule has 0 fully saturated rings. The summed E-state index contributed by atoms with van der Waals surface area (Å²) >= 11 is 0. The van der Waals surface area contributed by atoms with Crippen LogP contribution in [0.15, 0.2) is 84.0 Å². The van der Waals surface area contributed by atoms with Crippen LogP contribution in [0, 0.1) is 11.3 Å². The lowest BCUT2D eigenvalue weighted by Crippen LogP contribution is -2.50. The molecule has 4 nitrogen and oxygen atoms in total. The Balaban J connectivity index is 1.72. The first-order valence-electron chi connectivity index (χ1n) is 10.9.